The zero-order valence-corrected chi connectivity index (χ0v) is 38.4. The molecule has 0 saturated carbocycles. The van der Waals surface area contributed by atoms with E-state index in [-0.39, 0.29) is 58.9 Å². The van der Waals surface area contributed by atoms with Crippen LogP contribution in [0.15, 0.2) is 18.2 Å². The summed E-state index contributed by atoms with van der Waals surface area (Å²) in [5.74, 6) is 5.38. The molecule has 0 saturated heterocycles. The van der Waals surface area contributed by atoms with Crippen LogP contribution in [0.3, 0.4) is 0 Å². The molecule has 0 heterocycles. The number of ether oxygens (including phenoxy) is 9. The van der Waals surface area contributed by atoms with Gasteiger partial charge in [-0.2, -0.15) is 27.4 Å². The average molecular weight is 846 g/mol. The second-order valence-corrected chi connectivity index (χ2v) is 15.6. The summed E-state index contributed by atoms with van der Waals surface area (Å²) in [4.78, 5) is 0. The average Bonchev–Trinajstić information content (AvgIpc) is 3.30. The molecule has 0 bridgehead atoms. The minimum absolute atomic E-state index is 0. The molecule has 290 valence electrons. The summed E-state index contributed by atoms with van der Waals surface area (Å²) in [5, 5.41) is 3.55. The molecule has 14 heteroatoms. The molecule has 0 spiro atoms. The minimum Gasteiger partial charge on any atom is -1.00 e. The van der Waals surface area contributed by atoms with Crippen molar-refractivity contribution in [1.82, 2.24) is 0 Å². The molecule has 53 heavy (non-hydrogen) atoms. The van der Waals surface area contributed by atoms with Gasteiger partial charge in [0.05, 0.1) is 64.0 Å². The molecule has 0 aliphatic heterocycles. The Morgan fingerprint density at radius 2 is 0.660 bits per heavy atom. The van der Waals surface area contributed by atoms with Gasteiger partial charge in [0.15, 0.2) is 8.07 Å². The Morgan fingerprint density at radius 1 is 0.396 bits per heavy atom. The number of rotatable bonds is 13. The van der Waals surface area contributed by atoms with Gasteiger partial charge < -0.3 is 79.9 Å². The fourth-order valence-electron chi connectivity index (χ4n) is 7.61. The quantitative estimate of drug-likeness (QED) is 0.0762. The van der Waals surface area contributed by atoms with Crippen molar-refractivity contribution < 1.29 is 102 Å². The first kappa shape index (κ1) is 50.0. The molecule has 4 rings (SSSR count). The summed E-state index contributed by atoms with van der Waals surface area (Å²) in [6.45, 7) is 14.6. The number of benzene rings is 3. The fourth-order valence-corrected chi connectivity index (χ4v) is 14.1. The second kappa shape index (κ2) is 20.1. The Labute approximate surface area is 349 Å². The second-order valence-electron chi connectivity index (χ2n) is 12.1. The van der Waals surface area contributed by atoms with Crippen molar-refractivity contribution in [2.24, 2.45) is 0 Å². The summed E-state index contributed by atoms with van der Waals surface area (Å²) in [5.41, 5.74) is 7.01. The first-order chi connectivity index (χ1) is 23.4. The maximum atomic E-state index is 6.45. The monoisotopic (exact) mass is 844 g/mol. The van der Waals surface area contributed by atoms with E-state index in [2.05, 4.69) is 27.7 Å². The van der Waals surface area contributed by atoms with E-state index in [1.54, 1.807) is 64.0 Å². The van der Waals surface area contributed by atoms with Crippen LogP contribution < -0.4 is 101 Å². The molecule has 4 aromatic rings. The van der Waals surface area contributed by atoms with Gasteiger partial charge in [-0.15, -0.1) is 0 Å². The molecular weight excluding hydrogens is 795 g/mol. The summed E-state index contributed by atoms with van der Waals surface area (Å²) in [7, 11) is 11.0. The van der Waals surface area contributed by atoms with Gasteiger partial charge in [0.1, 0.15) is 51.7 Å². The molecule has 0 aromatic heterocycles. The van der Waals surface area contributed by atoms with Crippen molar-refractivity contribution in [3.8, 4) is 51.7 Å². The van der Waals surface area contributed by atoms with Gasteiger partial charge in [-0.3, -0.25) is 0 Å². The number of hydrogen-bond donors (Lipinski definition) is 0. The molecule has 0 radical (unpaired) electrons. The zero-order valence-electron chi connectivity index (χ0n) is 33.5. The Morgan fingerprint density at radius 3 is 0.849 bits per heavy atom. The maximum absolute atomic E-state index is 6.45. The molecule has 9 nitrogen and oxygen atoms in total. The van der Waals surface area contributed by atoms with Gasteiger partial charge in [0.25, 0.3) is 0 Å². The summed E-state index contributed by atoms with van der Waals surface area (Å²) < 4.78 is 56.2. The van der Waals surface area contributed by atoms with Gasteiger partial charge in [0.2, 0.25) is 0 Å². The first-order valence-electron chi connectivity index (χ1n) is 16.0. The summed E-state index contributed by atoms with van der Waals surface area (Å²) in [6, 6.07) is 5.77. The van der Waals surface area contributed by atoms with Crippen LogP contribution in [0.4, 0.5) is 0 Å². The van der Waals surface area contributed by atoms with Crippen molar-refractivity contribution in [3.05, 3.63) is 57.1 Å². The van der Waals surface area contributed by atoms with Crippen molar-refractivity contribution in [2.75, 3.05) is 64.0 Å². The Balaban J connectivity index is 0.00000676. The number of hydrogen-bond acceptors (Lipinski definition) is 9. The fraction of sp³-hybridized carbons (Fsp3) is 0.410. The molecule has 4 aromatic carbocycles. The summed E-state index contributed by atoms with van der Waals surface area (Å²) in [6.07, 6.45) is 0. The van der Waals surface area contributed by atoms with Crippen LogP contribution >= 0.6 is 0 Å². The van der Waals surface area contributed by atoms with Gasteiger partial charge in [0, 0.05) is 50.4 Å². The zero-order chi connectivity index (χ0) is 36.5. The van der Waals surface area contributed by atoms with E-state index in [0.29, 0.717) is 51.7 Å². The van der Waals surface area contributed by atoms with Gasteiger partial charge in [-0.05, 0) is 20.8 Å². The molecule has 0 N–H and O–H groups in total. The van der Waals surface area contributed by atoms with Crippen LogP contribution in [0.5, 0.6) is 51.7 Å². The standard InChI is InChI=1S/C39H51O9Si.3ClH.Ti/c1-20-21(2)23(4)36(22(20)3)49(37-30(43-11)17-27(40-8)24(5)33(37)46-14,38-31(44-12)18-28(41-9)25(6)34(38)47-15)39-32(45-13)19-29(42-10)26(7)35(39)48-16;;;;/h17-19H,1-16H3;3*1H;/q-1;;;;+4/p-3. The molecular formula is C39H51Cl3O9SiTi. The van der Waals surface area contributed by atoms with Gasteiger partial charge in [-0.1, -0.05) is 27.7 Å². The van der Waals surface area contributed by atoms with Crippen LogP contribution in [-0.4, -0.2) is 72.1 Å². The molecule has 0 fully saturated rings. The van der Waals surface area contributed by atoms with Crippen LogP contribution in [0.1, 0.15) is 38.9 Å². The van der Waals surface area contributed by atoms with E-state index in [9.17, 15) is 0 Å². The van der Waals surface area contributed by atoms with Gasteiger partial charge in [-0.25, -0.2) is 0 Å². The molecule has 0 amide bonds. The molecule has 0 aliphatic rings. The largest absolute Gasteiger partial charge is 4.00 e. The minimum atomic E-state index is -3.91. The van der Waals surface area contributed by atoms with E-state index < -0.39 is 8.07 Å². The van der Waals surface area contributed by atoms with Crippen molar-refractivity contribution in [1.29, 1.82) is 0 Å². The molecule has 0 aliphatic carbocycles. The van der Waals surface area contributed by atoms with Crippen LogP contribution in [0, 0.1) is 48.5 Å². The number of halogens is 3. The third-order valence-electron chi connectivity index (χ3n) is 10.2. The van der Waals surface area contributed by atoms with Crippen LogP contribution in [0.25, 0.3) is 0 Å². The molecule has 0 atom stereocenters. The van der Waals surface area contributed by atoms with E-state index >= 15 is 0 Å². The van der Waals surface area contributed by atoms with E-state index in [1.165, 1.54) is 11.1 Å². The topological polar surface area (TPSA) is 83.1 Å². The van der Waals surface area contributed by atoms with Crippen molar-refractivity contribution in [3.63, 3.8) is 0 Å². The molecule has 0 unspecified atom stereocenters. The van der Waals surface area contributed by atoms with Crippen molar-refractivity contribution in [2.45, 2.75) is 48.5 Å². The van der Waals surface area contributed by atoms with Gasteiger partial charge >= 0.3 is 21.7 Å². The third kappa shape index (κ3) is 7.65. The normalized spacial score (nSPS) is 10.4. The van der Waals surface area contributed by atoms with Crippen molar-refractivity contribution >= 4 is 28.8 Å². The smallest absolute Gasteiger partial charge is 1.00 e. The Hall–Kier alpha value is -2.99. The Bertz CT molecular complexity index is 1700. The number of methoxy groups -OCH3 is 9. The maximum Gasteiger partial charge on any atom is 4.00 e. The van der Waals surface area contributed by atoms with Crippen LogP contribution in [0.2, 0.25) is 0 Å². The van der Waals surface area contributed by atoms with E-state index in [1.807, 2.05) is 39.0 Å². The SMILES string of the molecule is COc1cc(OC)c([Si](c2c(OC)cc(OC)c(C)c2OC)(c2c(OC)cc(OC)c(C)c2OC)c2c(C)c(C)c(C)[c-]2C)c(OC)c1C.[Cl-].[Cl-].[Cl-].[Ti+4]. The summed E-state index contributed by atoms with van der Waals surface area (Å²) >= 11 is 0. The predicted octanol–water partition coefficient (Wildman–Crippen LogP) is -3.97. The third-order valence-corrected chi connectivity index (χ3v) is 15.4. The van der Waals surface area contributed by atoms with E-state index in [4.69, 9.17) is 42.6 Å². The Kier molecular flexibility index (Phi) is 18.9. The predicted molar refractivity (Wildman–Crippen MR) is 198 cm³/mol. The first-order valence-corrected chi connectivity index (χ1v) is 18.0. The van der Waals surface area contributed by atoms with Crippen LogP contribution in [-0.2, 0) is 21.7 Å². The van der Waals surface area contributed by atoms with E-state index in [0.717, 1.165) is 48.6 Å².